The monoisotopic (exact) mass is 283 g/mol. The maximum atomic E-state index is 10.1. The Balaban J connectivity index is 1.91. The van der Waals surface area contributed by atoms with Crippen molar-refractivity contribution in [3.63, 3.8) is 0 Å². The number of aliphatic hydroxyl groups is 1. The molecule has 0 radical (unpaired) electrons. The quantitative estimate of drug-likeness (QED) is 0.793. The first-order chi connectivity index (χ1) is 10.2. The highest BCUT2D eigenvalue weighted by molar-refractivity contribution is 5.47. The summed E-state index contributed by atoms with van der Waals surface area (Å²) in [5.74, 6) is 0.840. The van der Waals surface area contributed by atoms with Crippen LogP contribution in [0.5, 0.6) is 5.75 Å². The van der Waals surface area contributed by atoms with Crippen LogP contribution in [0, 0.1) is 0 Å². The first kappa shape index (κ1) is 15.1. The Hall–Kier alpha value is -2.26. The summed E-state index contributed by atoms with van der Waals surface area (Å²) in [6.07, 6.45) is 1.30. The van der Waals surface area contributed by atoms with Gasteiger partial charge in [-0.2, -0.15) is 0 Å². The van der Waals surface area contributed by atoms with Crippen molar-refractivity contribution in [2.75, 3.05) is 19.0 Å². The van der Waals surface area contributed by atoms with Crippen LogP contribution in [0.25, 0.3) is 0 Å². The lowest BCUT2D eigenvalue weighted by Crippen LogP contribution is -2.04. The average Bonchev–Trinajstić information content (AvgIpc) is 2.54. The highest BCUT2D eigenvalue weighted by Crippen LogP contribution is 2.17. The van der Waals surface area contributed by atoms with Gasteiger partial charge in [0, 0.05) is 12.2 Å². The third kappa shape index (κ3) is 4.65. The predicted molar refractivity (Wildman–Crippen MR) is 86.6 cm³/mol. The van der Waals surface area contributed by atoms with E-state index in [9.17, 15) is 5.11 Å². The Morgan fingerprint density at radius 1 is 1.14 bits per heavy atom. The van der Waals surface area contributed by atoms with Crippen LogP contribution in [0.4, 0.5) is 5.69 Å². The molecule has 0 aliphatic carbocycles. The maximum Gasteiger partial charge on any atom is 0.119 e. The van der Waals surface area contributed by atoms with Crippen molar-refractivity contribution in [3.8, 4) is 5.75 Å². The summed E-state index contributed by atoms with van der Waals surface area (Å²) in [6.45, 7) is 2.69. The zero-order chi connectivity index (χ0) is 15.1. The lowest BCUT2D eigenvalue weighted by molar-refractivity contribution is 0.227. The van der Waals surface area contributed by atoms with Gasteiger partial charge in [-0.3, -0.25) is 0 Å². The molecule has 110 valence electrons. The summed E-state index contributed by atoms with van der Waals surface area (Å²) in [6, 6.07) is 17.4. The molecule has 0 spiro atoms. The largest absolute Gasteiger partial charge is 0.497 e. The second-order valence-electron chi connectivity index (χ2n) is 4.95. The topological polar surface area (TPSA) is 41.5 Å². The molecule has 0 heterocycles. The minimum absolute atomic E-state index is 0.566. The maximum absolute atomic E-state index is 10.1. The minimum Gasteiger partial charge on any atom is -0.497 e. The molecule has 1 unspecified atom stereocenters. The fourth-order valence-electron chi connectivity index (χ4n) is 2.03. The number of hydrogen-bond acceptors (Lipinski definition) is 3. The van der Waals surface area contributed by atoms with Crippen molar-refractivity contribution in [2.24, 2.45) is 0 Å². The number of benzene rings is 2. The van der Waals surface area contributed by atoms with Crippen molar-refractivity contribution in [3.05, 3.63) is 71.8 Å². The molecule has 2 aromatic carbocycles. The van der Waals surface area contributed by atoms with Crippen LogP contribution < -0.4 is 10.1 Å². The SMILES string of the molecule is COc1ccc(NC/C(C)=C\C(O)c2ccccc2)cc1. The van der Waals surface area contributed by atoms with Gasteiger partial charge < -0.3 is 15.2 Å². The second kappa shape index (κ2) is 7.50. The first-order valence-corrected chi connectivity index (χ1v) is 6.97. The van der Waals surface area contributed by atoms with E-state index in [4.69, 9.17) is 4.74 Å². The summed E-state index contributed by atoms with van der Waals surface area (Å²) in [4.78, 5) is 0. The smallest absolute Gasteiger partial charge is 0.119 e. The molecule has 0 bridgehead atoms. The van der Waals surface area contributed by atoms with Crippen LogP contribution in [0.1, 0.15) is 18.6 Å². The van der Waals surface area contributed by atoms with Gasteiger partial charge in [0.05, 0.1) is 13.2 Å². The molecule has 0 amide bonds. The number of anilines is 1. The zero-order valence-electron chi connectivity index (χ0n) is 12.4. The van der Waals surface area contributed by atoms with Crippen LogP contribution in [0.2, 0.25) is 0 Å². The van der Waals surface area contributed by atoms with Crippen molar-refractivity contribution in [1.29, 1.82) is 0 Å². The number of rotatable bonds is 6. The molecule has 21 heavy (non-hydrogen) atoms. The van der Waals surface area contributed by atoms with Crippen molar-refractivity contribution in [1.82, 2.24) is 0 Å². The van der Waals surface area contributed by atoms with E-state index >= 15 is 0 Å². The molecule has 2 rings (SSSR count). The standard InChI is InChI=1S/C18H21NO2/c1-14(12-18(20)15-6-4-3-5-7-15)13-19-16-8-10-17(21-2)11-9-16/h3-12,18-20H,13H2,1-2H3/b14-12-. The molecule has 0 aliphatic rings. The summed E-state index contributed by atoms with van der Waals surface area (Å²) in [5.41, 5.74) is 3.02. The van der Waals surface area contributed by atoms with E-state index in [0.29, 0.717) is 6.54 Å². The van der Waals surface area contributed by atoms with Crippen molar-refractivity contribution in [2.45, 2.75) is 13.0 Å². The molecule has 3 heteroatoms. The van der Waals surface area contributed by atoms with Gasteiger partial charge in [-0.15, -0.1) is 0 Å². The van der Waals surface area contributed by atoms with E-state index in [1.54, 1.807) is 7.11 Å². The number of methoxy groups -OCH3 is 1. The van der Waals surface area contributed by atoms with Gasteiger partial charge >= 0.3 is 0 Å². The zero-order valence-corrected chi connectivity index (χ0v) is 12.4. The highest BCUT2D eigenvalue weighted by atomic mass is 16.5. The molecule has 1 atom stereocenters. The number of ether oxygens (including phenoxy) is 1. The van der Waals surface area contributed by atoms with E-state index in [1.165, 1.54) is 0 Å². The first-order valence-electron chi connectivity index (χ1n) is 6.97. The lowest BCUT2D eigenvalue weighted by Gasteiger charge is -2.10. The summed E-state index contributed by atoms with van der Waals surface area (Å²) in [7, 11) is 1.65. The molecule has 2 aromatic rings. The highest BCUT2D eigenvalue weighted by Gasteiger charge is 2.03. The van der Waals surface area contributed by atoms with Gasteiger partial charge in [0.25, 0.3) is 0 Å². The molecule has 0 saturated carbocycles. The molecule has 0 aromatic heterocycles. The molecule has 0 saturated heterocycles. The molecule has 0 aliphatic heterocycles. The molecule has 3 nitrogen and oxygen atoms in total. The van der Waals surface area contributed by atoms with Gasteiger partial charge in [-0.25, -0.2) is 0 Å². The van der Waals surface area contributed by atoms with Gasteiger partial charge in [0.2, 0.25) is 0 Å². The molecular formula is C18H21NO2. The minimum atomic E-state index is -0.566. The third-order valence-corrected chi connectivity index (χ3v) is 3.24. The van der Waals surface area contributed by atoms with Gasteiger partial charge in [-0.1, -0.05) is 42.0 Å². The second-order valence-corrected chi connectivity index (χ2v) is 4.95. The summed E-state index contributed by atoms with van der Waals surface area (Å²) >= 11 is 0. The van der Waals surface area contributed by atoms with E-state index in [1.807, 2.05) is 67.6 Å². The van der Waals surface area contributed by atoms with E-state index in [0.717, 1.165) is 22.6 Å². The number of nitrogens with one attached hydrogen (secondary N) is 1. The van der Waals surface area contributed by atoms with Crippen molar-refractivity contribution < 1.29 is 9.84 Å². The van der Waals surface area contributed by atoms with Gasteiger partial charge in [0.1, 0.15) is 5.75 Å². The van der Waals surface area contributed by atoms with E-state index < -0.39 is 6.10 Å². The Bertz CT molecular complexity index is 576. The number of hydrogen-bond donors (Lipinski definition) is 2. The van der Waals surface area contributed by atoms with Crippen LogP contribution in [0.15, 0.2) is 66.2 Å². The predicted octanol–water partition coefficient (Wildman–Crippen LogP) is 3.79. The van der Waals surface area contributed by atoms with Crippen LogP contribution in [-0.4, -0.2) is 18.8 Å². The van der Waals surface area contributed by atoms with Crippen LogP contribution >= 0.6 is 0 Å². The lowest BCUT2D eigenvalue weighted by atomic mass is 10.1. The molecular weight excluding hydrogens is 262 g/mol. The third-order valence-electron chi connectivity index (χ3n) is 3.24. The summed E-state index contributed by atoms with van der Waals surface area (Å²) in [5, 5.41) is 13.5. The fraction of sp³-hybridized carbons (Fsp3) is 0.222. The van der Waals surface area contributed by atoms with E-state index in [-0.39, 0.29) is 0 Å². The fourth-order valence-corrected chi connectivity index (χ4v) is 2.03. The Kier molecular flexibility index (Phi) is 5.41. The van der Waals surface area contributed by atoms with E-state index in [2.05, 4.69) is 5.32 Å². The average molecular weight is 283 g/mol. The van der Waals surface area contributed by atoms with Crippen molar-refractivity contribution >= 4 is 5.69 Å². The normalized spacial score (nSPS) is 12.8. The Labute approximate surface area is 125 Å². The van der Waals surface area contributed by atoms with Gasteiger partial charge in [0.15, 0.2) is 0 Å². The van der Waals surface area contributed by atoms with Gasteiger partial charge in [-0.05, 0) is 36.8 Å². The number of aliphatic hydroxyl groups excluding tert-OH is 1. The Morgan fingerprint density at radius 3 is 2.43 bits per heavy atom. The molecule has 2 N–H and O–H groups in total. The van der Waals surface area contributed by atoms with Crippen LogP contribution in [-0.2, 0) is 0 Å². The van der Waals surface area contributed by atoms with Crippen LogP contribution in [0.3, 0.4) is 0 Å². The summed E-state index contributed by atoms with van der Waals surface area (Å²) < 4.78 is 5.12. The molecule has 0 fully saturated rings. The Morgan fingerprint density at radius 2 is 1.81 bits per heavy atom.